The number of hydrogen-bond donors (Lipinski definition) is 1. The minimum Gasteiger partial charge on any atom is -0.468 e. The van der Waals surface area contributed by atoms with Gasteiger partial charge >= 0.3 is 0 Å². The first-order valence-electron chi connectivity index (χ1n) is 5.70. The van der Waals surface area contributed by atoms with Crippen molar-refractivity contribution in [1.82, 2.24) is 4.90 Å². The molecule has 4 heteroatoms. The molecule has 2 aromatic rings. The van der Waals surface area contributed by atoms with Crippen LogP contribution in [0, 0.1) is 0 Å². The maximum absolute atomic E-state index is 6.06. The summed E-state index contributed by atoms with van der Waals surface area (Å²) in [5, 5.41) is 2.09. The van der Waals surface area contributed by atoms with Gasteiger partial charge in [-0.15, -0.1) is 11.3 Å². The highest BCUT2D eigenvalue weighted by Gasteiger charge is 2.23. The number of hydrogen-bond acceptors (Lipinski definition) is 4. The van der Waals surface area contributed by atoms with Gasteiger partial charge in [0.1, 0.15) is 5.76 Å². The van der Waals surface area contributed by atoms with Crippen LogP contribution < -0.4 is 5.73 Å². The molecule has 0 spiro atoms. The van der Waals surface area contributed by atoms with Crippen LogP contribution in [-0.2, 0) is 6.54 Å². The number of likely N-dealkylation sites (N-methyl/N-ethyl adjacent to an activating group) is 1. The molecular formula is C13H18N2OS. The molecule has 2 N–H and O–H groups in total. The number of nitrogens with zero attached hydrogens (tertiary/aromatic N) is 1. The van der Waals surface area contributed by atoms with Crippen molar-refractivity contribution in [3.05, 3.63) is 46.5 Å². The zero-order valence-corrected chi connectivity index (χ0v) is 11.0. The van der Waals surface area contributed by atoms with Gasteiger partial charge in [0, 0.05) is 17.5 Å². The minimum absolute atomic E-state index is 0.0334. The minimum atomic E-state index is 0.0334. The highest BCUT2D eigenvalue weighted by molar-refractivity contribution is 7.09. The first-order valence-corrected chi connectivity index (χ1v) is 6.58. The van der Waals surface area contributed by atoms with E-state index >= 15 is 0 Å². The standard InChI is InChI=1S/C13H18N2OS/c1-10(14)13(12-6-3-7-16-12)15(2)9-11-5-4-8-17-11/h3-8,10,13H,9,14H2,1-2H3. The van der Waals surface area contributed by atoms with E-state index in [0.717, 1.165) is 12.3 Å². The number of thiophene rings is 1. The first-order chi connectivity index (χ1) is 8.18. The second-order valence-electron chi connectivity index (χ2n) is 4.31. The van der Waals surface area contributed by atoms with E-state index in [0.29, 0.717) is 0 Å². The average Bonchev–Trinajstić information content (AvgIpc) is 2.89. The van der Waals surface area contributed by atoms with Gasteiger partial charge in [-0.3, -0.25) is 4.90 Å². The van der Waals surface area contributed by atoms with Gasteiger partial charge in [-0.05, 0) is 37.6 Å². The second-order valence-corrected chi connectivity index (χ2v) is 5.35. The zero-order chi connectivity index (χ0) is 12.3. The van der Waals surface area contributed by atoms with E-state index in [1.54, 1.807) is 17.6 Å². The van der Waals surface area contributed by atoms with Gasteiger partial charge in [0.05, 0.1) is 12.3 Å². The van der Waals surface area contributed by atoms with Gasteiger partial charge in [-0.1, -0.05) is 6.07 Å². The molecule has 2 heterocycles. The molecule has 2 rings (SSSR count). The van der Waals surface area contributed by atoms with Crippen LogP contribution in [0.15, 0.2) is 40.3 Å². The summed E-state index contributed by atoms with van der Waals surface area (Å²) in [7, 11) is 2.08. The smallest absolute Gasteiger partial charge is 0.122 e. The van der Waals surface area contributed by atoms with Crippen LogP contribution >= 0.6 is 11.3 Å². The van der Waals surface area contributed by atoms with E-state index in [9.17, 15) is 0 Å². The summed E-state index contributed by atoms with van der Waals surface area (Å²) in [6, 6.07) is 8.25. The molecule has 0 aliphatic carbocycles. The van der Waals surface area contributed by atoms with Crippen molar-refractivity contribution in [1.29, 1.82) is 0 Å². The van der Waals surface area contributed by atoms with Crippen molar-refractivity contribution < 1.29 is 4.42 Å². The van der Waals surface area contributed by atoms with Crippen molar-refractivity contribution in [2.24, 2.45) is 5.73 Å². The number of rotatable bonds is 5. The molecule has 0 aliphatic heterocycles. The summed E-state index contributed by atoms with van der Waals surface area (Å²) in [6.45, 7) is 2.91. The van der Waals surface area contributed by atoms with E-state index < -0.39 is 0 Å². The van der Waals surface area contributed by atoms with Crippen molar-refractivity contribution in [3.8, 4) is 0 Å². The Morgan fingerprint density at radius 1 is 1.41 bits per heavy atom. The average molecular weight is 250 g/mol. The molecule has 0 amide bonds. The lowest BCUT2D eigenvalue weighted by Gasteiger charge is -2.28. The Labute approximate surface area is 106 Å². The van der Waals surface area contributed by atoms with Gasteiger partial charge in [-0.2, -0.15) is 0 Å². The Hall–Kier alpha value is -1.10. The third kappa shape index (κ3) is 2.97. The fourth-order valence-electron chi connectivity index (χ4n) is 2.08. The maximum atomic E-state index is 6.06. The van der Waals surface area contributed by atoms with Crippen LogP contribution in [0.3, 0.4) is 0 Å². The van der Waals surface area contributed by atoms with Crippen molar-refractivity contribution in [2.45, 2.75) is 25.6 Å². The number of furan rings is 1. The van der Waals surface area contributed by atoms with E-state index in [1.807, 2.05) is 19.1 Å². The summed E-state index contributed by atoms with van der Waals surface area (Å²) < 4.78 is 5.48. The van der Waals surface area contributed by atoms with E-state index in [-0.39, 0.29) is 12.1 Å². The second kappa shape index (κ2) is 5.49. The summed E-state index contributed by atoms with van der Waals surface area (Å²) in [4.78, 5) is 3.57. The fraction of sp³-hybridized carbons (Fsp3) is 0.385. The topological polar surface area (TPSA) is 42.4 Å². The lowest BCUT2D eigenvalue weighted by molar-refractivity contribution is 0.185. The fourth-order valence-corrected chi connectivity index (χ4v) is 2.85. The molecule has 2 unspecified atom stereocenters. The lowest BCUT2D eigenvalue weighted by atomic mass is 10.1. The van der Waals surface area contributed by atoms with Gasteiger partial charge in [0.25, 0.3) is 0 Å². The molecule has 17 heavy (non-hydrogen) atoms. The molecular weight excluding hydrogens is 232 g/mol. The Balaban J connectivity index is 2.11. The monoisotopic (exact) mass is 250 g/mol. The van der Waals surface area contributed by atoms with Crippen LogP contribution in [0.25, 0.3) is 0 Å². The van der Waals surface area contributed by atoms with Crippen LogP contribution in [0.1, 0.15) is 23.6 Å². The van der Waals surface area contributed by atoms with Crippen molar-refractivity contribution >= 4 is 11.3 Å². The highest BCUT2D eigenvalue weighted by atomic mass is 32.1. The van der Waals surface area contributed by atoms with Crippen LogP contribution in [0.5, 0.6) is 0 Å². The van der Waals surface area contributed by atoms with E-state index in [4.69, 9.17) is 10.2 Å². The first kappa shape index (κ1) is 12.4. The van der Waals surface area contributed by atoms with Crippen LogP contribution in [0.4, 0.5) is 0 Å². The van der Waals surface area contributed by atoms with Gasteiger partial charge < -0.3 is 10.2 Å². The Bertz CT molecular complexity index is 422. The summed E-state index contributed by atoms with van der Waals surface area (Å²) >= 11 is 1.76. The summed E-state index contributed by atoms with van der Waals surface area (Å²) in [5.74, 6) is 0.930. The Morgan fingerprint density at radius 3 is 2.76 bits per heavy atom. The SMILES string of the molecule is CC(N)C(c1ccco1)N(C)Cc1cccs1. The van der Waals surface area contributed by atoms with Crippen LogP contribution in [0.2, 0.25) is 0 Å². The molecule has 0 saturated carbocycles. The normalized spacial score (nSPS) is 15.1. The lowest BCUT2D eigenvalue weighted by Crippen LogP contribution is -2.36. The Kier molecular flexibility index (Phi) is 3.99. The molecule has 92 valence electrons. The van der Waals surface area contributed by atoms with Gasteiger partial charge in [0.15, 0.2) is 0 Å². The molecule has 0 bridgehead atoms. The summed E-state index contributed by atoms with van der Waals surface area (Å²) in [5.41, 5.74) is 6.06. The third-order valence-electron chi connectivity index (χ3n) is 2.79. The summed E-state index contributed by atoms with van der Waals surface area (Å²) in [6.07, 6.45) is 1.70. The predicted octanol–water partition coefficient (Wildman–Crippen LogP) is 2.86. The highest BCUT2D eigenvalue weighted by Crippen LogP contribution is 2.25. The van der Waals surface area contributed by atoms with Crippen molar-refractivity contribution in [3.63, 3.8) is 0 Å². The maximum Gasteiger partial charge on any atom is 0.122 e. The molecule has 0 aliphatic rings. The molecule has 0 aromatic carbocycles. The number of nitrogens with two attached hydrogens (primary N) is 1. The molecule has 3 nitrogen and oxygen atoms in total. The zero-order valence-electron chi connectivity index (χ0n) is 10.2. The quantitative estimate of drug-likeness (QED) is 0.887. The van der Waals surface area contributed by atoms with Crippen molar-refractivity contribution in [2.75, 3.05) is 7.05 Å². The van der Waals surface area contributed by atoms with E-state index in [1.165, 1.54) is 4.88 Å². The van der Waals surface area contributed by atoms with Gasteiger partial charge in [0.2, 0.25) is 0 Å². The molecule has 2 atom stereocenters. The largest absolute Gasteiger partial charge is 0.468 e. The molecule has 0 fully saturated rings. The third-order valence-corrected chi connectivity index (χ3v) is 3.65. The molecule has 2 aromatic heterocycles. The molecule has 0 saturated heterocycles. The predicted molar refractivity (Wildman–Crippen MR) is 70.9 cm³/mol. The van der Waals surface area contributed by atoms with Gasteiger partial charge in [-0.25, -0.2) is 0 Å². The van der Waals surface area contributed by atoms with E-state index in [2.05, 4.69) is 29.5 Å². The Morgan fingerprint density at radius 2 is 2.24 bits per heavy atom. The molecule has 0 radical (unpaired) electrons. The van der Waals surface area contributed by atoms with Crippen LogP contribution in [-0.4, -0.2) is 18.0 Å².